The van der Waals surface area contributed by atoms with Crippen LogP contribution in [0.25, 0.3) is 0 Å². The van der Waals surface area contributed by atoms with Crippen molar-refractivity contribution in [1.29, 1.82) is 0 Å². The topological polar surface area (TPSA) is 30.9 Å². The van der Waals surface area contributed by atoms with Crippen LogP contribution in [-0.4, -0.2) is 55.5 Å². The molecule has 0 bridgehead atoms. The number of aliphatic imine (C=N–C) groups is 1. The highest BCUT2D eigenvalue weighted by Gasteiger charge is 2.32. The molecule has 1 fully saturated rings. The third-order valence-electron chi connectivity index (χ3n) is 5.02. The van der Waals surface area contributed by atoms with Crippen LogP contribution in [0.5, 0.6) is 0 Å². The molecule has 1 unspecified atom stereocenters. The number of rotatable bonds is 5. The van der Waals surface area contributed by atoms with Gasteiger partial charge in [-0.15, -0.1) is 24.0 Å². The van der Waals surface area contributed by atoms with Crippen molar-refractivity contribution < 1.29 is 0 Å². The Morgan fingerprint density at radius 2 is 2.00 bits per heavy atom. The first-order valence-electron chi connectivity index (χ1n) is 8.95. The van der Waals surface area contributed by atoms with E-state index in [9.17, 15) is 0 Å². The molecular weight excluding hydrogens is 411 g/mol. The Balaban J connectivity index is 0.00000208. The largest absolute Gasteiger partial charge is 0.357 e. The Morgan fingerprint density at radius 3 is 2.62 bits per heavy atom. The minimum Gasteiger partial charge on any atom is -0.357 e. The summed E-state index contributed by atoms with van der Waals surface area (Å²) in [5.74, 6) is 1.92. The zero-order chi connectivity index (χ0) is 16.2. The molecule has 4 nitrogen and oxygen atoms in total. The molecule has 1 atom stereocenters. The number of fused-ring (bicyclic) bond motifs is 1. The van der Waals surface area contributed by atoms with Crippen LogP contribution < -0.4 is 5.32 Å². The first kappa shape index (κ1) is 19.5. The van der Waals surface area contributed by atoms with Crippen LogP contribution in [0.4, 0.5) is 0 Å². The van der Waals surface area contributed by atoms with Gasteiger partial charge in [-0.1, -0.05) is 24.3 Å². The first-order valence-corrected chi connectivity index (χ1v) is 8.95. The van der Waals surface area contributed by atoms with Crippen LogP contribution in [0, 0.1) is 5.92 Å². The van der Waals surface area contributed by atoms with Gasteiger partial charge in [0, 0.05) is 25.7 Å². The number of hydrogen-bond donors (Lipinski definition) is 1. The molecule has 0 amide bonds. The SMILES string of the molecule is CCNC(=NCC(C1CC1)N(C)C)N1CCc2ccccc2C1.I. The van der Waals surface area contributed by atoms with Gasteiger partial charge in [-0.3, -0.25) is 4.99 Å². The molecule has 134 valence electrons. The standard InChI is InChI=1S/C19H30N4.HI/c1-4-20-19(21-13-18(22(2)3)16-9-10-16)23-12-11-15-7-5-6-8-17(15)14-23;/h5-8,16,18H,4,9-14H2,1-3H3,(H,20,21);1H. The minimum atomic E-state index is 0. The summed E-state index contributed by atoms with van der Waals surface area (Å²) in [4.78, 5) is 9.73. The Hall–Kier alpha value is -0.820. The van der Waals surface area contributed by atoms with Crippen LogP contribution in [0.15, 0.2) is 29.3 Å². The lowest BCUT2D eigenvalue weighted by Crippen LogP contribution is -2.45. The predicted molar refractivity (Wildman–Crippen MR) is 112 cm³/mol. The summed E-state index contributed by atoms with van der Waals surface area (Å²) in [6, 6.07) is 9.37. The average molecular weight is 442 g/mol. The summed E-state index contributed by atoms with van der Waals surface area (Å²) in [7, 11) is 4.37. The maximum atomic E-state index is 4.98. The number of benzene rings is 1. The number of nitrogens with zero attached hydrogens (tertiary/aromatic N) is 3. The van der Waals surface area contributed by atoms with Crippen LogP contribution in [0.3, 0.4) is 0 Å². The number of halogens is 1. The van der Waals surface area contributed by atoms with E-state index >= 15 is 0 Å². The molecule has 3 rings (SSSR count). The Morgan fingerprint density at radius 1 is 1.29 bits per heavy atom. The monoisotopic (exact) mass is 442 g/mol. The van der Waals surface area contributed by atoms with Gasteiger partial charge in [-0.2, -0.15) is 0 Å². The molecule has 0 aromatic heterocycles. The molecule has 1 heterocycles. The molecule has 1 N–H and O–H groups in total. The van der Waals surface area contributed by atoms with E-state index in [-0.39, 0.29) is 24.0 Å². The Labute approximate surface area is 163 Å². The van der Waals surface area contributed by atoms with Crippen molar-refractivity contribution in [1.82, 2.24) is 15.1 Å². The second-order valence-corrected chi connectivity index (χ2v) is 7.00. The van der Waals surface area contributed by atoms with Crippen molar-refractivity contribution in [2.75, 3.05) is 33.7 Å². The second-order valence-electron chi connectivity index (χ2n) is 7.00. The Kier molecular flexibility index (Phi) is 7.34. The van der Waals surface area contributed by atoms with E-state index in [1.807, 2.05) is 0 Å². The first-order chi connectivity index (χ1) is 11.2. The van der Waals surface area contributed by atoms with Crippen LogP contribution in [0.2, 0.25) is 0 Å². The van der Waals surface area contributed by atoms with Crippen molar-refractivity contribution >= 4 is 29.9 Å². The van der Waals surface area contributed by atoms with Gasteiger partial charge in [0.25, 0.3) is 0 Å². The van der Waals surface area contributed by atoms with Crippen LogP contribution in [-0.2, 0) is 13.0 Å². The van der Waals surface area contributed by atoms with Gasteiger partial charge < -0.3 is 15.1 Å². The molecule has 1 saturated carbocycles. The van der Waals surface area contributed by atoms with Crippen molar-refractivity contribution in [2.45, 2.75) is 38.8 Å². The highest BCUT2D eigenvalue weighted by atomic mass is 127. The van der Waals surface area contributed by atoms with Crippen molar-refractivity contribution in [3.63, 3.8) is 0 Å². The summed E-state index contributed by atoms with van der Waals surface area (Å²) in [5, 5.41) is 3.49. The van der Waals surface area contributed by atoms with Crippen molar-refractivity contribution in [3.05, 3.63) is 35.4 Å². The number of likely N-dealkylation sites (N-methyl/N-ethyl adjacent to an activating group) is 1. The van der Waals surface area contributed by atoms with Gasteiger partial charge in [0.1, 0.15) is 0 Å². The van der Waals surface area contributed by atoms with Crippen molar-refractivity contribution in [2.24, 2.45) is 10.9 Å². The van der Waals surface area contributed by atoms with Crippen LogP contribution >= 0.6 is 24.0 Å². The van der Waals surface area contributed by atoms with Gasteiger partial charge in [0.15, 0.2) is 5.96 Å². The highest BCUT2D eigenvalue weighted by molar-refractivity contribution is 14.0. The molecule has 1 aliphatic carbocycles. The zero-order valence-electron chi connectivity index (χ0n) is 15.2. The van der Waals surface area contributed by atoms with Gasteiger partial charge in [0.2, 0.25) is 0 Å². The summed E-state index contributed by atoms with van der Waals surface area (Å²) in [6.45, 7) is 6.00. The van der Waals surface area contributed by atoms with E-state index in [0.717, 1.165) is 44.5 Å². The van der Waals surface area contributed by atoms with E-state index in [4.69, 9.17) is 4.99 Å². The molecule has 0 spiro atoms. The minimum absolute atomic E-state index is 0. The molecule has 0 saturated heterocycles. The molecule has 1 aromatic carbocycles. The molecule has 24 heavy (non-hydrogen) atoms. The van der Waals surface area contributed by atoms with E-state index in [1.54, 1.807) is 0 Å². The smallest absolute Gasteiger partial charge is 0.194 e. The van der Waals surface area contributed by atoms with E-state index in [2.05, 4.69) is 60.4 Å². The van der Waals surface area contributed by atoms with Crippen LogP contribution in [0.1, 0.15) is 30.9 Å². The quantitative estimate of drug-likeness (QED) is 0.432. The fraction of sp³-hybridized carbons (Fsp3) is 0.632. The lowest BCUT2D eigenvalue weighted by atomic mass is 10.0. The van der Waals surface area contributed by atoms with Gasteiger partial charge in [0.05, 0.1) is 6.54 Å². The maximum Gasteiger partial charge on any atom is 0.194 e. The number of nitrogens with one attached hydrogen (secondary N) is 1. The molecule has 0 radical (unpaired) electrons. The second kappa shape index (κ2) is 9.04. The fourth-order valence-electron chi connectivity index (χ4n) is 3.50. The maximum absolute atomic E-state index is 4.98. The summed E-state index contributed by atoms with van der Waals surface area (Å²) in [6.07, 6.45) is 3.85. The van der Waals surface area contributed by atoms with E-state index in [1.165, 1.54) is 24.0 Å². The lowest BCUT2D eigenvalue weighted by molar-refractivity contribution is 0.269. The third kappa shape index (κ3) is 4.85. The summed E-state index contributed by atoms with van der Waals surface area (Å²) >= 11 is 0. The molecule has 5 heteroatoms. The average Bonchev–Trinajstić information content (AvgIpc) is 3.38. The van der Waals surface area contributed by atoms with Gasteiger partial charge >= 0.3 is 0 Å². The number of guanidine groups is 1. The zero-order valence-corrected chi connectivity index (χ0v) is 17.5. The fourth-order valence-corrected chi connectivity index (χ4v) is 3.50. The molecule has 1 aromatic rings. The van der Waals surface area contributed by atoms with Gasteiger partial charge in [-0.25, -0.2) is 0 Å². The normalized spacial score (nSPS) is 18.8. The lowest BCUT2D eigenvalue weighted by Gasteiger charge is -2.32. The highest BCUT2D eigenvalue weighted by Crippen LogP contribution is 2.34. The Bertz CT molecular complexity index is 552. The number of hydrogen-bond acceptors (Lipinski definition) is 2. The molecule has 1 aliphatic heterocycles. The summed E-state index contributed by atoms with van der Waals surface area (Å²) < 4.78 is 0. The van der Waals surface area contributed by atoms with Gasteiger partial charge in [-0.05, 0) is 57.3 Å². The predicted octanol–water partition coefficient (Wildman–Crippen LogP) is 2.97. The molecule has 2 aliphatic rings. The van der Waals surface area contributed by atoms with Crippen molar-refractivity contribution in [3.8, 4) is 0 Å². The van der Waals surface area contributed by atoms with E-state index in [0.29, 0.717) is 6.04 Å². The van der Waals surface area contributed by atoms with E-state index < -0.39 is 0 Å². The third-order valence-corrected chi connectivity index (χ3v) is 5.02. The molecular formula is C19H31IN4. The summed E-state index contributed by atoms with van der Waals surface area (Å²) in [5.41, 5.74) is 2.93.